The van der Waals surface area contributed by atoms with Crippen molar-refractivity contribution < 1.29 is 21.6 Å². The lowest BCUT2D eigenvalue weighted by Gasteiger charge is -2.18. The predicted octanol–water partition coefficient (Wildman–Crippen LogP) is 2.67. The van der Waals surface area contributed by atoms with Gasteiger partial charge in [0.1, 0.15) is 10.6 Å². The first-order chi connectivity index (χ1) is 16.7. The van der Waals surface area contributed by atoms with Crippen molar-refractivity contribution in [3.63, 3.8) is 0 Å². The minimum absolute atomic E-state index is 0.0961. The molecule has 0 aliphatic rings. The molecule has 0 unspecified atom stereocenters. The van der Waals surface area contributed by atoms with E-state index in [-0.39, 0.29) is 22.6 Å². The van der Waals surface area contributed by atoms with Gasteiger partial charge in [0.2, 0.25) is 10.0 Å². The van der Waals surface area contributed by atoms with Gasteiger partial charge in [0.05, 0.1) is 28.7 Å². The zero-order valence-electron chi connectivity index (χ0n) is 19.2. The van der Waals surface area contributed by atoms with Gasteiger partial charge in [-0.05, 0) is 44.2 Å². The van der Waals surface area contributed by atoms with Gasteiger partial charge in [-0.15, -0.1) is 0 Å². The van der Waals surface area contributed by atoms with E-state index < -0.39 is 37.9 Å². The number of alkyl halides is 3. The van der Waals surface area contributed by atoms with Gasteiger partial charge in [0.25, 0.3) is 5.56 Å². The van der Waals surface area contributed by atoms with E-state index in [0.717, 1.165) is 41.6 Å². The molecule has 4 rings (SSSR count). The second kappa shape index (κ2) is 8.60. The highest BCUT2D eigenvalue weighted by Crippen LogP contribution is 2.32. The Hall–Kier alpha value is -3.97. The lowest BCUT2D eigenvalue weighted by molar-refractivity contribution is -0.137. The monoisotopic (exact) mass is 519 g/mol. The average Bonchev–Trinajstić information content (AvgIpc) is 3.23. The number of primary sulfonamides is 1. The maximum Gasteiger partial charge on any atom is 0.416 e. The molecule has 0 spiro atoms. The summed E-state index contributed by atoms with van der Waals surface area (Å²) in [6, 6.07) is 10.8. The topological polar surface area (TPSA) is 122 Å². The van der Waals surface area contributed by atoms with Crippen LogP contribution in [0.25, 0.3) is 22.6 Å². The minimum atomic E-state index is -4.68. The van der Waals surface area contributed by atoms with Crippen LogP contribution >= 0.6 is 0 Å². The zero-order chi connectivity index (χ0) is 26.6. The number of hydrogen-bond donors (Lipinski definition) is 1. The van der Waals surface area contributed by atoms with E-state index in [0.29, 0.717) is 10.3 Å². The van der Waals surface area contributed by atoms with Gasteiger partial charge in [-0.1, -0.05) is 23.8 Å². The number of sulfonamides is 1. The van der Waals surface area contributed by atoms with E-state index in [9.17, 15) is 31.2 Å². The molecule has 0 fully saturated rings. The summed E-state index contributed by atoms with van der Waals surface area (Å²) in [6.45, 7) is 3.17. The van der Waals surface area contributed by atoms with E-state index in [1.807, 2.05) is 6.92 Å². The summed E-state index contributed by atoms with van der Waals surface area (Å²) in [4.78, 5) is 25.9. The third kappa shape index (κ3) is 4.27. The molecule has 188 valence electrons. The molecule has 13 heteroatoms. The minimum Gasteiger partial charge on any atom is -0.268 e. The van der Waals surface area contributed by atoms with E-state index in [2.05, 4.69) is 5.10 Å². The van der Waals surface area contributed by atoms with Crippen molar-refractivity contribution in [2.75, 3.05) is 0 Å². The van der Waals surface area contributed by atoms with Crippen molar-refractivity contribution in [3.8, 4) is 22.6 Å². The highest BCUT2D eigenvalue weighted by atomic mass is 32.2. The third-order valence-corrected chi connectivity index (χ3v) is 6.59. The summed E-state index contributed by atoms with van der Waals surface area (Å²) < 4.78 is 67.7. The summed E-state index contributed by atoms with van der Waals surface area (Å²) in [6.07, 6.45) is -3.70. The second-order valence-electron chi connectivity index (χ2n) is 8.14. The molecule has 9 nitrogen and oxygen atoms in total. The first-order valence-corrected chi connectivity index (χ1v) is 11.9. The molecule has 0 radical (unpaired) electrons. The van der Waals surface area contributed by atoms with Gasteiger partial charge in [-0.25, -0.2) is 23.0 Å². The van der Waals surface area contributed by atoms with Crippen molar-refractivity contribution in [1.29, 1.82) is 0 Å². The van der Waals surface area contributed by atoms with Crippen molar-refractivity contribution in [2.45, 2.75) is 24.9 Å². The van der Waals surface area contributed by atoms with Gasteiger partial charge < -0.3 is 0 Å². The van der Waals surface area contributed by atoms with Crippen LogP contribution in [0.2, 0.25) is 0 Å². The molecule has 0 saturated heterocycles. The Morgan fingerprint density at radius 3 is 2.19 bits per heavy atom. The fourth-order valence-electron chi connectivity index (χ4n) is 3.87. The van der Waals surface area contributed by atoms with Crippen LogP contribution in [-0.4, -0.2) is 27.3 Å². The fourth-order valence-corrected chi connectivity index (χ4v) is 4.52. The summed E-state index contributed by atoms with van der Waals surface area (Å²) in [5.41, 5.74) is -2.25. The van der Waals surface area contributed by atoms with Gasteiger partial charge in [-0.2, -0.15) is 18.3 Å². The Morgan fingerprint density at radius 2 is 1.61 bits per heavy atom. The van der Waals surface area contributed by atoms with Crippen LogP contribution in [-0.2, 0) is 23.2 Å². The van der Waals surface area contributed by atoms with Crippen molar-refractivity contribution in [2.24, 2.45) is 12.2 Å². The van der Waals surface area contributed by atoms with Gasteiger partial charge >= 0.3 is 11.9 Å². The van der Waals surface area contributed by atoms with Crippen LogP contribution in [0.4, 0.5) is 13.2 Å². The van der Waals surface area contributed by atoms with Crippen molar-refractivity contribution >= 4 is 10.0 Å². The Balaban J connectivity index is 2.13. The molecule has 0 saturated carbocycles. The number of benzene rings is 2. The molecule has 2 aromatic heterocycles. The Morgan fingerprint density at radius 1 is 0.972 bits per heavy atom. The maximum atomic E-state index is 13.3. The number of aryl methyl sites for hydroxylation is 1. The van der Waals surface area contributed by atoms with Gasteiger partial charge in [-0.3, -0.25) is 13.9 Å². The highest BCUT2D eigenvalue weighted by molar-refractivity contribution is 7.89. The van der Waals surface area contributed by atoms with Crippen LogP contribution in [0.15, 0.2) is 69.2 Å². The smallest absolute Gasteiger partial charge is 0.268 e. The van der Waals surface area contributed by atoms with Crippen molar-refractivity contribution in [3.05, 3.63) is 92.4 Å². The van der Waals surface area contributed by atoms with Crippen LogP contribution in [0.1, 0.15) is 16.8 Å². The normalized spacial score (nSPS) is 12.2. The quantitative estimate of drug-likeness (QED) is 0.444. The largest absolute Gasteiger partial charge is 0.416 e. The van der Waals surface area contributed by atoms with Crippen molar-refractivity contribution in [1.82, 2.24) is 18.9 Å². The average molecular weight is 520 g/mol. The Kier molecular flexibility index (Phi) is 6.01. The SMILES string of the molecule is Cc1ccc(-n2ncc(S(N)(=O)=O)c2-c2c(C)n(-c3cccc(C(F)(F)F)c3)c(=O)n(C)c2=O)cc1. The molecule has 0 atom stereocenters. The highest BCUT2D eigenvalue weighted by Gasteiger charge is 2.32. The molecule has 0 aliphatic carbocycles. The molecule has 2 N–H and O–H groups in total. The predicted molar refractivity (Wildman–Crippen MR) is 126 cm³/mol. The van der Waals surface area contributed by atoms with Gasteiger partial charge in [0.15, 0.2) is 0 Å². The number of aromatic nitrogens is 4. The molecular weight excluding hydrogens is 499 g/mol. The molecule has 0 bridgehead atoms. The Bertz CT molecular complexity index is 1720. The summed E-state index contributed by atoms with van der Waals surface area (Å²) >= 11 is 0. The second-order valence-corrected chi connectivity index (χ2v) is 9.67. The van der Waals surface area contributed by atoms with Crippen LogP contribution in [0, 0.1) is 13.8 Å². The molecule has 4 aromatic rings. The van der Waals surface area contributed by atoms with Crippen LogP contribution in [0.3, 0.4) is 0 Å². The molecule has 2 aromatic carbocycles. The third-order valence-electron chi connectivity index (χ3n) is 5.68. The Labute approximate surface area is 202 Å². The van der Waals surface area contributed by atoms with Gasteiger partial charge in [0, 0.05) is 12.7 Å². The summed E-state index contributed by atoms with van der Waals surface area (Å²) in [5, 5.41) is 9.53. The zero-order valence-corrected chi connectivity index (χ0v) is 20.1. The number of hydrogen-bond acceptors (Lipinski definition) is 5. The fraction of sp³-hybridized carbons (Fsp3) is 0.174. The summed E-state index contributed by atoms with van der Waals surface area (Å²) in [5.74, 6) is 0. The maximum absolute atomic E-state index is 13.3. The number of halogens is 3. The lowest BCUT2D eigenvalue weighted by Crippen LogP contribution is -2.40. The van der Waals surface area contributed by atoms with E-state index in [1.54, 1.807) is 24.3 Å². The first-order valence-electron chi connectivity index (χ1n) is 10.4. The molecule has 36 heavy (non-hydrogen) atoms. The summed E-state index contributed by atoms with van der Waals surface area (Å²) in [7, 11) is -3.26. The molecule has 0 aliphatic heterocycles. The van der Waals surface area contributed by atoms with Crippen LogP contribution in [0.5, 0.6) is 0 Å². The van der Waals surface area contributed by atoms with E-state index in [1.165, 1.54) is 17.7 Å². The molecule has 0 amide bonds. The lowest BCUT2D eigenvalue weighted by atomic mass is 10.1. The molecular formula is C23H20F3N5O4S. The number of nitrogens with two attached hydrogens (primary N) is 1. The number of rotatable bonds is 4. The standard InChI is InChI=1S/C23H20F3N5O4S/c1-13-7-9-16(10-8-13)31-20(18(12-28-31)36(27,34)35)19-14(2)30(22(33)29(3)21(19)32)17-6-4-5-15(11-17)23(24,25)26/h4-12H,1-3H3,(H2,27,34,35). The van der Waals surface area contributed by atoms with E-state index >= 15 is 0 Å². The number of nitrogens with zero attached hydrogens (tertiary/aromatic N) is 4. The first kappa shape index (κ1) is 25.1. The van der Waals surface area contributed by atoms with E-state index in [4.69, 9.17) is 5.14 Å². The van der Waals surface area contributed by atoms with Crippen LogP contribution < -0.4 is 16.4 Å². The molecule has 2 heterocycles.